The van der Waals surface area contributed by atoms with Crippen molar-refractivity contribution in [2.45, 2.75) is 22.3 Å². The van der Waals surface area contributed by atoms with Gasteiger partial charge in [-0.15, -0.1) is 0 Å². The Morgan fingerprint density at radius 3 is 2.58 bits per heavy atom. The van der Waals surface area contributed by atoms with Crippen LogP contribution in [-0.2, 0) is 0 Å². The van der Waals surface area contributed by atoms with Crippen LogP contribution in [0.3, 0.4) is 0 Å². The van der Waals surface area contributed by atoms with Gasteiger partial charge in [0.1, 0.15) is 5.15 Å². The van der Waals surface area contributed by atoms with Gasteiger partial charge in [0.05, 0.1) is 0 Å². The van der Waals surface area contributed by atoms with Crippen LogP contribution in [-0.4, -0.2) is 41.5 Å². The molecule has 2 aliphatic heterocycles. The lowest BCUT2D eigenvalue weighted by molar-refractivity contribution is 0.0924. The van der Waals surface area contributed by atoms with E-state index in [9.17, 15) is 4.79 Å². The van der Waals surface area contributed by atoms with E-state index in [1.54, 1.807) is 24.0 Å². The molecule has 2 saturated heterocycles. The van der Waals surface area contributed by atoms with Gasteiger partial charge in [-0.3, -0.25) is 4.79 Å². The van der Waals surface area contributed by atoms with Crippen molar-refractivity contribution in [3.05, 3.63) is 53.3 Å². The van der Waals surface area contributed by atoms with E-state index < -0.39 is 0 Å². The van der Waals surface area contributed by atoms with E-state index in [0.717, 1.165) is 22.9 Å². The number of carbonyl (C=O) groups excluding carboxylic acids is 1. The molecule has 1 N–H and O–H groups in total. The summed E-state index contributed by atoms with van der Waals surface area (Å²) in [6.07, 6.45) is 2.95. The summed E-state index contributed by atoms with van der Waals surface area (Å²) < 4.78 is 0. The highest BCUT2D eigenvalue weighted by molar-refractivity contribution is 7.99. The minimum absolute atomic E-state index is 0.0264. The standard InChI is InChI=1S/C18H18ClN3OS/c19-17-6-5-15(9-20-17)24-14-3-1-12(2-4-14)18(23)21-16-11-22-8-7-13(16)10-22/h1-6,9,13,16H,7-8,10-11H2,(H,21,23). The molecule has 0 spiro atoms. The van der Waals surface area contributed by atoms with Crippen LogP contribution < -0.4 is 5.32 Å². The van der Waals surface area contributed by atoms with E-state index in [-0.39, 0.29) is 5.91 Å². The first-order chi connectivity index (χ1) is 11.7. The normalized spacial score (nSPS) is 25.0. The van der Waals surface area contributed by atoms with Crippen molar-refractivity contribution >= 4 is 29.3 Å². The fourth-order valence-corrected chi connectivity index (χ4v) is 4.33. The number of benzene rings is 1. The van der Waals surface area contributed by atoms with Gasteiger partial charge in [0.25, 0.3) is 5.91 Å². The average molecular weight is 360 g/mol. The molecule has 1 aromatic carbocycles. The topological polar surface area (TPSA) is 45.2 Å². The molecule has 2 fully saturated rings. The highest BCUT2D eigenvalue weighted by Crippen LogP contribution is 2.29. The summed E-state index contributed by atoms with van der Waals surface area (Å²) in [7, 11) is 0. The molecule has 3 unspecified atom stereocenters. The second-order valence-corrected chi connectivity index (χ2v) is 7.87. The van der Waals surface area contributed by atoms with Gasteiger partial charge >= 0.3 is 0 Å². The monoisotopic (exact) mass is 359 g/mol. The highest BCUT2D eigenvalue weighted by atomic mass is 35.5. The first-order valence-corrected chi connectivity index (χ1v) is 9.29. The van der Waals surface area contributed by atoms with E-state index in [1.807, 2.05) is 30.3 Å². The summed E-state index contributed by atoms with van der Waals surface area (Å²) in [6, 6.07) is 11.7. The van der Waals surface area contributed by atoms with Crippen LogP contribution in [0.4, 0.5) is 0 Å². The third kappa shape index (κ3) is 3.43. The molecule has 1 aromatic heterocycles. The maximum absolute atomic E-state index is 12.4. The molecular weight excluding hydrogens is 342 g/mol. The molecule has 2 aromatic rings. The van der Waals surface area contributed by atoms with Gasteiger partial charge < -0.3 is 10.2 Å². The predicted octanol–water partition coefficient (Wildman–Crippen LogP) is 3.32. The van der Waals surface area contributed by atoms with Crippen LogP contribution in [0.25, 0.3) is 0 Å². The molecule has 4 nitrogen and oxygen atoms in total. The summed E-state index contributed by atoms with van der Waals surface area (Å²) in [4.78, 5) is 21.0. The number of amides is 1. The lowest BCUT2D eigenvalue weighted by Gasteiger charge is -2.23. The van der Waals surface area contributed by atoms with Crippen molar-refractivity contribution in [2.75, 3.05) is 19.6 Å². The summed E-state index contributed by atoms with van der Waals surface area (Å²) >= 11 is 7.40. The SMILES string of the molecule is O=C(NC1CN2CCC1C2)c1ccc(Sc2ccc(Cl)nc2)cc1. The Morgan fingerprint density at radius 1 is 1.17 bits per heavy atom. The number of nitrogens with one attached hydrogen (secondary N) is 1. The number of fused-ring (bicyclic) bond motifs is 2. The molecule has 0 radical (unpaired) electrons. The van der Waals surface area contributed by atoms with Crippen LogP contribution in [0, 0.1) is 5.92 Å². The average Bonchev–Trinajstić information content (AvgIpc) is 3.20. The van der Waals surface area contributed by atoms with Crippen LogP contribution in [0.5, 0.6) is 0 Å². The fourth-order valence-electron chi connectivity index (χ4n) is 3.43. The number of aromatic nitrogens is 1. The van der Waals surface area contributed by atoms with E-state index >= 15 is 0 Å². The van der Waals surface area contributed by atoms with Crippen LogP contribution in [0.15, 0.2) is 52.4 Å². The Hall–Kier alpha value is -1.56. The van der Waals surface area contributed by atoms with Gasteiger partial charge in [-0.2, -0.15) is 0 Å². The molecule has 2 bridgehead atoms. The second-order valence-electron chi connectivity index (χ2n) is 6.33. The molecule has 1 amide bonds. The third-order valence-corrected chi connectivity index (χ3v) is 5.91. The summed E-state index contributed by atoms with van der Waals surface area (Å²) in [5.74, 6) is 0.652. The smallest absolute Gasteiger partial charge is 0.251 e. The van der Waals surface area contributed by atoms with E-state index in [2.05, 4.69) is 15.2 Å². The quantitative estimate of drug-likeness (QED) is 0.850. The number of rotatable bonds is 4. The summed E-state index contributed by atoms with van der Waals surface area (Å²) in [5.41, 5.74) is 0.714. The van der Waals surface area contributed by atoms with Crippen LogP contribution in [0.2, 0.25) is 5.15 Å². The Morgan fingerprint density at radius 2 is 1.96 bits per heavy atom. The summed E-state index contributed by atoms with van der Waals surface area (Å²) in [6.45, 7) is 3.31. The first kappa shape index (κ1) is 15.9. The van der Waals surface area contributed by atoms with Gasteiger partial charge in [-0.1, -0.05) is 23.4 Å². The Balaban J connectivity index is 1.38. The lowest BCUT2D eigenvalue weighted by atomic mass is 9.99. The zero-order chi connectivity index (χ0) is 16.5. The molecule has 124 valence electrons. The van der Waals surface area contributed by atoms with Crippen molar-refractivity contribution < 1.29 is 4.79 Å². The van der Waals surface area contributed by atoms with Gasteiger partial charge in [0.2, 0.25) is 0 Å². The second kappa shape index (κ2) is 6.75. The molecule has 0 aliphatic carbocycles. The van der Waals surface area contributed by atoms with Crippen LogP contribution >= 0.6 is 23.4 Å². The Kier molecular flexibility index (Phi) is 4.48. The minimum Gasteiger partial charge on any atom is -0.348 e. The molecule has 4 rings (SSSR count). The number of halogens is 1. The van der Waals surface area contributed by atoms with E-state index in [0.29, 0.717) is 22.7 Å². The van der Waals surface area contributed by atoms with Gasteiger partial charge in [-0.05, 0) is 55.3 Å². The third-order valence-electron chi connectivity index (χ3n) is 4.70. The van der Waals surface area contributed by atoms with Crippen molar-refractivity contribution in [2.24, 2.45) is 5.92 Å². The maximum Gasteiger partial charge on any atom is 0.251 e. The van der Waals surface area contributed by atoms with E-state index in [1.165, 1.54) is 13.0 Å². The molecule has 3 heterocycles. The van der Waals surface area contributed by atoms with Crippen molar-refractivity contribution in [3.8, 4) is 0 Å². The first-order valence-electron chi connectivity index (χ1n) is 8.10. The number of nitrogens with zero attached hydrogens (tertiary/aromatic N) is 2. The molecule has 0 saturated carbocycles. The number of pyridine rings is 1. The number of piperidine rings is 1. The number of hydrogen-bond acceptors (Lipinski definition) is 4. The Labute approximate surface area is 150 Å². The van der Waals surface area contributed by atoms with Gasteiger partial charge in [0.15, 0.2) is 0 Å². The number of carbonyl (C=O) groups is 1. The zero-order valence-electron chi connectivity index (χ0n) is 13.1. The lowest BCUT2D eigenvalue weighted by Crippen LogP contribution is -2.43. The fraction of sp³-hybridized carbons (Fsp3) is 0.333. The maximum atomic E-state index is 12.4. The molecular formula is C18H18ClN3OS. The number of hydrogen-bond donors (Lipinski definition) is 1. The van der Waals surface area contributed by atoms with Gasteiger partial charge in [-0.25, -0.2) is 4.98 Å². The molecule has 3 atom stereocenters. The van der Waals surface area contributed by atoms with Crippen molar-refractivity contribution in [3.63, 3.8) is 0 Å². The molecule has 6 heteroatoms. The summed E-state index contributed by atoms with van der Waals surface area (Å²) in [5, 5.41) is 3.68. The van der Waals surface area contributed by atoms with E-state index in [4.69, 9.17) is 11.6 Å². The van der Waals surface area contributed by atoms with Crippen molar-refractivity contribution in [1.82, 2.24) is 15.2 Å². The van der Waals surface area contributed by atoms with Crippen LogP contribution in [0.1, 0.15) is 16.8 Å². The highest BCUT2D eigenvalue weighted by Gasteiger charge is 2.38. The molecule has 24 heavy (non-hydrogen) atoms. The van der Waals surface area contributed by atoms with Crippen molar-refractivity contribution in [1.29, 1.82) is 0 Å². The zero-order valence-corrected chi connectivity index (χ0v) is 14.7. The largest absolute Gasteiger partial charge is 0.348 e. The predicted molar refractivity (Wildman–Crippen MR) is 95.6 cm³/mol. The Bertz CT molecular complexity index is 735. The van der Waals surface area contributed by atoms with Gasteiger partial charge in [0, 0.05) is 40.7 Å². The molecule has 2 aliphatic rings. The minimum atomic E-state index is 0.0264.